The molecule has 11 nitrogen and oxygen atoms in total. The van der Waals surface area contributed by atoms with Gasteiger partial charge in [0.05, 0.1) is 25.7 Å². The molecule has 11 heteroatoms. The van der Waals surface area contributed by atoms with Crippen LogP contribution < -0.4 is 10.1 Å². The highest BCUT2D eigenvalue weighted by molar-refractivity contribution is 5.83. The molecule has 2 aromatic rings. The van der Waals surface area contributed by atoms with E-state index in [4.69, 9.17) is 13.9 Å². The molecule has 388 valence electrons. The number of aryl methyl sites for hydroxylation is 1. The molecule has 0 unspecified atom stereocenters. The van der Waals surface area contributed by atoms with Gasteiger partial charge in [0, 0.05) is 68.9 Å². The monoisotopic (exact) mass is 950 g/mol. The zero-order valence-corrected chi connectivity index (χ0v) is 44.6. The average molecular weight is 950 g/mol. The molecule has 68 heavy (non-hydrogen) atoms. The highest BCUT2D eigenvalue weighted by Gasteiger charge is 2.33. The number of unbranched alkanes of at least 4 members (excludes halogenated alkanes) is 24. The summed E-state index contributed by atoms with van der Waals surface area (Å²) in [6.45, 7) is 18.2. The van der Waals surface area contributed by atoms with Crippen molar-refractivity contribution in [1.82, 2.24) is 25.3 Å². The molecule has 0 saturated carbocycles. The quantitative estimate of drug-likeness (QED) is 0.0657. The molecule has 3 rings (SSSR count). The Hall–Kier alpha value is -3.47. The second-order valence-corrected chi connectivity index (χ2v) is 21.8. The molecule has 0 bridgehead atoms. The third-order valence-electron chi connectivity index (χ3n) is 13.6. The first-order valence-corrected chi connectivity index (χ1v) is 27.8. The number of hydrogen-bond donors (Lipinski definition) is 1. The highest BCUT2D eigenvalue weighted by Crippen LogP contribution is 2.25. The van der Waals surface area contributed by atoms with E-state index in [0.717, 1.165) is 37.0 Å². The number of carbonyl (C=O) groups excluding carboxylic acids is 3. The van der Waals surface area contributed by atoms with Crippen LogP contribution in [0.15, 0.2) is 28.7 Å². The Kier molecular flexibility index (Phi) is 30.1. The maximum atomic E-state index is 14.0. The van der Waals surface area contributed by atoms with Gasteiger partial charge in [-0.25, -0.2) is 0 Å². The van der Waals surface area contributed by atoms with Crippen molar-refractivity contribution in [3.63, 3.8) is 0 Å². The number of rotatable bonds is 39. The number of aromatic nitrogens is 2. The van der Waals surface area contributed by atoms with Crippen molar-refractivity contribution >= 4 is 17.7 Å². The van der Waals surface area contributed by atoms with Gasteiger partial charge in [-0.15, -0.1) is 10.2 Å². The van der Waals surface area contributed by atoms with Crippen molar-refractivity contribution in [2.45, 2.75) is 228 Å². The van der Waals surface area contributed by atoms with Crippen LogP contribution in [0.3, 0.4) is 0 Å². The predicted molar refractivity (Wildman–Crippen MR) is 279 cm³/mol. The molecule has 1 N–H and O–H groups in total. The van der Waals surface area contributed by atoms with Gasteiger partial charge in [0.15, 0.2) is 0 Å². The maximum Gasteiger partial charge on any atom is 0.247 e. The van der Waals surface area contributed by atoms with Gasteiger partial charge < -0.3 is 29.0 Å². The van der Waals surface area contributed by atoms with Crippen LogP contribution in [0.5, 0.6) is 5.75 Å². The first-order valence-electron chi connectivity index (χ1n) is 27.8. The standard InChI is InChI=1S/C57H99N5O6/c1-8-10-12-14-16-18-20-22-24-26-28-30-32-34-52(63)61-40-41-62(53(64)35-33-31-29-27-25-23-21-19-17-15-13-11-9-2)43-50(42-61)54(65)58-44-56(4,5)45-66-46-57(6,7)47-67-51-38-36-49(37-39-51)55-60-59-48(3)68-55/h36-39,50H,8-35,40-47H2,1-7H3,(H,58,65). The van der Waals surface area contributed by atoms with Gasteiger partial charge in [-0.3, -0.25) is 14.4 Å². The molecule has 0 atom stereocenters. The topological polar surface area (TPSA) is 127 Å². The molecular formula is C57H99N5O6. The first kappa shape index (κ1) is 58.8. The van der Waals surface area contributed by atoms with Crippen LogP contribution in [0.2, 0.25) is 0 Å². The Balaban J connectivity index is 1.44. The Morgan fingerprint density at radius 3 is 1.41 bits per heavy atom. The second-order valence-electron chi connectivity index (χ2n) is 21.8. The van der Waals surface area contributed by atoms with Crippen molar-refractivity contribution < 1.29 is 28.3 Å². The molecule has 1 aromatic heterocycles. The van der Waals surface area contributed by atoms with E-state index in [1.165, 1.54) is 141 Å². The third kappa shape index (κ3) is 26.5. The number of carbonyl (C=O) groups is 3. The summed E-state index contributed by atoms with van der Waals surface area (Å²) in [6.07, 6.45) is 33.9. The van der Waals surface area contributed by atoms with Gasteiger partial charge in [-0.1, -0.05) is 196 Å². The minimum Gasteiger partial charge on any atom is -0.493 e. The molecule has 1 saturated heterocycles. The van der Waals surface area contributed by atoms with Gasteiger partial charge >= 0.3 is 0 Å². The maximum absolute atomic E-state index is 14.0. The molecular weight excluding hydrogens is 851 g/mol. The van der Waals surface area contributed by atoms with E-state index in [2.05, 4.69) is 57.1 Å². The smallest absolute Gasteiger partial charge is 0.247 e. The fourth-order valence-corrected chi connectivity index (χ4v) is 9.09. The van der Waals surface area contributed by atoms with Crippen molar-refractivity contribution in [1.29, 1.82) is 0 Å². The number of hydrogen-bond acceptors (Lipinski definition) is 8. The van der Waals surface area contributed by atoms with Gasteiger partial charge in [0.25, 0.3) is 0 Å². The molecule has 1 aliphatic rings. The van der Waals surface area contributed by atoms with Gasteiger partial charge in [-0.05, 0) is 37.1 Å². The lowest BCUT2D eigenvalue weighted by Gasteiger charge is -2.30. The number of nitrogens with zero attached hydrogens (tertiary/aromatic N) is 4. The summed E-state index contributed by atoms with van der Waals surface area (Å²) in [5.74, 6) is 1.38. The van der Waals surface area contributed by atoms with Crippen molar-refractivity contribution in [2.24, 2.45) is 16.7 Å². The lowest BCUT2D eigenvalue weighted by Crippen LogP contribution is -2.46. The molecule has 2 heterocycles. The van der Waals surface area contributed by atoms with E-state index in [1.807, 2.05) is 34.1 Å². The van der Waals surface area contributed by atoms with Crippen LogP contribution in [-0.4, -0.2) is 90.3 Å². The van der Waals surface area contributed by atoms with Crippen LogP contribution in [0, 0.1) is 23.7 Å². The van der Waals surface area contributed by atoms with Crippen molar-refractivity contribution in [3.8, 4) is 17.2 Å². The van der Waals surface area contributed by atoms with E-state index >= 15 is 0 Å². The molecule has 3 amide bonds. The van der Waals surface area contributed by atoms with E-state index in [0.29, 0.717) is 77.2 Å². The molecule has 0 spiro atoms. The van der Waals surface area contributed by atoms with Crippen molar-refractivity contribution in [3.05, 3.63) is 30.2 Å². The fourth-order valence-electron chi connectivity index (χ4n) is 9.09. The third-order valence-corrected chi connectivity index (χ3v) is 13.6. The Morgan fingerprint density at radius 1 is 0.588 bits per heavy atom. The lowest BCUT2D eigenvalue weighted by molar-refractivity contribution is -0.133. The zero-order chi connectivity index (χ0) is 49.3. The Labute approximate surface area is 414 Å². The molecule has 0 aliphatic carbocycles. The normalized spacial score (nSPS) is 13.8. The molecule has 1 aliphatic heterocycles. The highest BCUT2D eigenvalue weighted by atomic mass is 16.5. The van der Waals surface area contributed by atoms with E-state index in [9.17, 15) is 14.4 Å². The summed E-state index contributed by atoms with van der Waals surface area (Å²) < 4.78 is 17.9. The molecule has 1 fully saturated rings. The summed E-state index contributed by atoms with van der Waals surface area (Å²) in [5.41, 5.74) is 0.243. The van der Waals surface area contributed by atoms with Gasteiger partial charge in [-0.2, -0.15) is 0 Å². The summed E-state index contributed by atoms with van der Waals surface area (Å²) >= 11 is 0. The molecule has 1 aromatic carbocycles. The number of benzene rings is 1. The lowest BCUT2D eigenvalue weighted by atomic mass is 9.93. The first-order chi connectivity index (χ1) is 32.8. The SMILES string of the molecule is CCCCCCCCCCCCCCCC(=O)N1CCN(C(=O)CCCCCCCCCCCCCCC)CC(C(=O)NCC(C)(C)COCC(C)(C)COc2ccc(-c3nnc(C)o3)cc2)C1. The number of nitrogens with one attached hydrogen (secondary N) is 1. The van der Waals surface area contributed by atoms with Crippen LogP contribution >= 0.6 is 0 Å². The Morgan fingerprint density at radius 2 is 1.00 bits per heavy atom. The van der Waals surface area contributed by atoms with E-state index in [-0.39, 0.29) is 28.6 Å². The summed E-state index contributed by atoms with van der Waals surface area (Å²) in [7, 11) is 0. The summed E-state index contributed by atoms with van der Waals surface area (Å²) in [6, 6.07) is 7.61. The second kappa shape index (κ2) is 34.8. The zero-order valence-electron chi connectivity index (χ0n) is 44.6. The van der Waals surface area contributed by atoms with Crippen LogP contribution in [-0.2, 0) is 19.1 Å². The van der Waals surface area contributed by atoms with Crippen LogP contribution in [0.1, 0.15) is 227 Å². The largest absolute Gasteiger partial charge is 0.493 e. The Bertz CT molecular complexity index is 1570. The minimum absolute atomic E-state index is 0.104. The van der Waals surface area contributed by atoms with Crippen molar-refractivity contribution in [2.75, 3.05) is 52.5 Å². The van der Waals surface area contributed by atoms with Crippen LogP contribution in [0.25, 0.3) is 11.5 Å². The van der Waals surface area contributed by atoms with E-state index < -0.39 is 5.92 Å². The van der Waals surface area contributed by atoms with Crippen LogP contribution in [0.4, 0.5) is 0 Å². The average Bonchev–Trinajstić information content (AvgIpc) is 3.63. The molecule has 0 radical (unpaired) electrons. The van der Waals surface area contributed by atoms with E-state index in [1.54, 1.807) is 6.92 Å². The van der Waals surface area contributed by atoms with Gasteiger partial charge in [0.1, 0.15) is 5.75 Å². The minimum atomic E-state index is -0.485. The predicted octanol–water partition coefficient (Wildman–Crippen LogP) is 13.9. The summed E-state index contributed by atoms with van der Waals surface area (Å²) in [4.78, 5) is 45.1. The number of ether oxygens (including phenoxy) is 2. The number of amides is 3. The van der Waals surface area contributed by atoms with Gasteiger partial charge in [0.2, 0.25) is 29.5 Å². The fraction of sp³-hybridized carbons (Fsp3) is 0.807. The summed E-state index contributed by atoms with van der Waals surface area (Å²) in [5, 5.41) is 11.2.